The molecule has 0 aromatic heterocycles. The molecule has 1 aliphatic rings. The van der Waals surface area contributed by atoms with Crippen LogP contribution in [0.5, 0.6) is 5.75 Å². The first-order valence-corrected chi connectivity index (χ1v) is 8.74. The van der Waals surface area contributed by atoms with Gasteiger partial charge in [-0.1, -0.05) is 28.1 Å². The Bertz CT molecular complexity index is 659. The summed E-state index contributed by atoms with van der Waals surface area (Å²) in [7, 11) is 0. The van der Waals surface area contributed by atoms with Gasteiger partial charge in [-0.2, -0.15) is 0 Å². The molecule has 1 heterocycles. The highest BCUT2D eigenvalue weighted by Crippen LogP contribution is 2.38. The Kier molecular flexibility index (Phi) is 4.29. The molecule has 1 nitrogen and oxygen atoms in total. The van der Waals surface area contributed by atoms with Crippen LogP contribution in [0.2, 0.25) is 0 Å². The van der Waals surface area contributed by atoms with Crippen LogP contribution in [-0.4, -0.2) is 6.10 Å². The van der Waals surface area contributed by atoms with Crippen LogP contribution < -0.4 is 4.74 Å². The van der Waals surface area contributed by atoms with Gasteiger partial charge in [0.05, 0.1) is 5.38 Å². The molecule has 2 unspecified atom stereocenters. The van der Waals surface area contributed by atoms with Crippen molar-refractivity contribution in [3.8, 4) is 5.75 Å². The summed E-state index contributed by atoms with van der Waals surface area (Å²) >= 11 is 12.6. The lowest BCUT2D eigenvalue weighted by Gasteiger charge is -2.14. The molecule has 0 fully saturated rings. The van der Waals surface area contributed by atoms with Gasteiger partial charge in [-0.25, -0.2) is 0 Å². The molecule has 0 saturated heterocycles. The molecular formula is C16H13BrClIO. The van der Waals surface area contributed by atoms with Gasteiger partial charge < -0.3 is 4.74 Å². The quantitative estimate of drug-likeness (QED) is 0.410. The third-order valence-electron chi connectivity index (χ3n) is 3.44. The van der Waals surface area contributed by atoms with Crippen molar-refractivity contribution < 1.29 is 4.74 Å². The van der Waals surface area contributed by atoms with Gasteiger partial charge >= 0.3 is 0 Å². The van der Waals surface area contributed by atoms with Gasteiger partial charge in [0.25, 0.3) is 0 Å². The maximum Gasteiger partial charge on any atom is 0.123 e. The SMILES string of the molecule is CC1Cc2cc(C(Cl)c3cc(I)ccc3Br)ccc2O1. The fourth-order valence-corrected chi connectivity index (χ4v) is 3.93. The molecule has 104 valence electrons. The van der Waals surface area contributed by atoms with Crippen molar-refractivity contribution in [2.45, 2.75) is 24.8 Å². The van der Waals surface area contributed by atoms with E-state index in [4.69, 9.17) is 16.3 Å². The largest absolute Gasteiger partial charge is 0.490 e. The second-order valence-electron chi connectivity index (χ2n) is 5.03. The monoisotopic (exact) mass is 462 g/mol. The third kappa shape index (κ3) is 2.85. The number of halogens is 3. The smallest absolute Gasteiger partial charge is 0.123 e. The lowest BCUT2D eigenvalue weighted by atomic mass is 10.0. The number of alkyl halides is 1. The number of rotatable bonds is 2. The molecule has 0 saturated carbocycles. The predicted octanol–water partition coefficient (Wildman–Crippen LogP) is 5.71. The Hall–Kier alpha value is -0.260. The minimum Gasteiger partial charge on any atom is -0.490 e. The van der Waals surface area contributed by atoms with Crippen LogP contribution in [0.15, 0.2) is 40.9 Å². The number of benzene rings is 2. The molecule has 0 spiro atoms. The maximum absolute atomic E-state index is 6.67. The lowest BCUT2D eigenvalue weighted by Crippen LogP contribution is -2.05. The summed E-state index contributed by atoms with van der Waals surface area (Å²) in [4.78, 5) is 0. The van der Waals surface area contributed by atoms with E-state index >= 15 is 0 Å². The summed E-state index contributed by atoms with van der Waals surface area (Å²) in [6, 6.07) is 12.5. The molecule has 1 aliphatic heterocycles. The second-order valence-corrected chi connectivity index (χ2v) is 7.56. The van der Waals surface area contributed by atoms with E-state index < -0.39 is 0 Å². The zero-order valence-corrected chi connectivity index (χ0v) is 15.4. The van der Waals surface area contributed by atoms with E-state index in [0.717, 1.165) is 27.8 Å². The van der Waals surface area contributed by atoms with Crippen LogP contribution in [-0.2, 0) is 6.42 Å². The maximum atomic E-state index is 6.67. The zero-order valence-electron chi connectivity index (χ0n) is 10.9. The summed E-state index contributed by atoms with van der Waals surface area (Å²) < 4.78 is 7.97. The Morgan fingerprint density at radius 3 is 2.90 bits per heavy atom. The highest BCUT2D eigenvalue weighted by molar-refractivity contribution is 14.1. The van der Waals surface area contributed by atoms with Crippen LogP contribution >= 0.6 is 50.1 Å². The van der Waals surface area contributed by atoms with E-state index in [9.17, 15) is 0 Å². The van der Waals surface area contributed by atoms with Crippen LogP contribution in [0.3, 0.4) is 0 Å². The average Bonchev–Trinajstić information content (AvgIpc) is 2.79. The standard InChI is InChI=1S/C16H13BrClIO/c1-9-6-11-7-10(2-5-15(11)20-9)16(18)13-8-12(19)3-4-14(13)17/h2-5,7-9,16H,6H2,1H3. The summed E-state index contributed by atoms with van der Waals surface area (Å²) in [5.74, 6) is 0.992. The van der Waals surface area contributed by atoms with Crippen molar-refractivity contribution in [3.05, 3.63) is 61.1 Å². The van der Waals surface area contributed by atoms with Gasteiger partial charge in [-0.15, -0.1) is 11.6 Å². The van der Waals surface area contributed by atoms with Crippen molar-refractivity contribution in [1.29, 1.82) is 0 Å². The molecule has 4 heteroatoms. The molecule has 0 N–H and O–H groups in total. The van der Waals surface area contributed by atoms with Crippen molar-refractivity contribution in [2.24, 2.45) is 0 Å². The molecule has 2 atom stereocenters. The lowest BCUT2D eigenvalue weighted by molar-refractivity contribution is 0.254. The number of fused-ring (bicyclic) bond motifs is 1. The van der Waals surface area contributed by atoms with Gasteiger partial charge in [0, 0.05) is 14.5 Å². The van der Waals surface area contributed by atoms with Gasteiger partial charge in [-0.3, -0.25) is 0 Å². The van der Waals surface area contributed by atoms with E-state index in [1.807, 2.05) is 12.1 Å². The van der Waals surface area contributed by atoms with E-state index in [-0.39, 0.29) is 11.5 Å². The Balaban J connectivity index is 1.97. The van der Waals surface area contributed by atoms with Crippen molar-refractivity contribution in [3.63, 3.8) is 0 Å². The summed E-state index contributed by atoms with van der Waals surface area (Å²) in [6.45, 7) is 2.09. The Labute approximate surface area is 145 Å². The van der Waals surface area contributed by atoms with Crippen LogP contribution in [0.1, 0.15) is 29.0 Å². The summed E-state index contributed by atoms with van der Waals surface area (Å²) in [5, 5.41) is -0.153. The number of hydrogen-bond donors (Lipinski definition) is 0. The van der Waals surface area contributed by atoms with E-state index in [1.54, 1.807) is 0 Å². The van der Waals surface area contributed by atoms with Crippen LogP contribution in [0.25, 0.3) is 0 Å². The van der Waals surface area contributed by atoms with Gasteiger partial charge in [0.15, 0.2) is 0 Å². The molecule has 2 aromatic rings. The minimum absolute atomic E-state index is 0.153. The van der Waals surface area contributed by atoms with E-state index in [2.05, 4.69) is 69.7 Å². The topological polar surface area (TPSA) is 9.23 Å². The highest BCUT2D eigenvalue weighted by Gasteiger charge is 2.22. The first-order chi connectivity index (χ1) is 9.54. The normalized spacial score (nSPS) is 18.5. The van der Waals surface area contributed by atoms with Gasteiger partial charge in [0.1, 0.15) is 11.9 Å². The first kappa shape index (κ1) is 14.7. The Morgan fingerprint density at radius 2 is 2.10 bits per heavy atom. The zero-order chi connectivity index (χ0) is 14.3. The molecular weight excluding hydrogens is 450 g/mol. The number of hydrogen-bond acceptors (Lipinski definition) is 1. The summed E-state index contributed by atoms with van der Waals surface area (Å²) in [6.07, 6.45) is 1.22. The second kappa shape index (κ2) is 5.85. The summed E-state index contributed by atoms with van der Waals surface area (Å²) in [5.41, 5.74) is 3.47. The van der Waals surface area contributed by atoms with Crippen molar-refractivity contribution >= 4 is 50.1 Å². The average molecular weight is 464 g/mol. The predicted molar refractivity (Wildman–Crippen MR) is 94.8 cm³/mol. The molecule has 20 heavy (non-hydrogen) atoms. The fourth-order valence-electron chi connectivity index (χ4n) is 2.49. The van der Waals surface area contributed by atoms with Crippen molar-refractivity contribution in [1.82, 2.24) is 0 Å². The molecule has 2 aromatic carbocycles. The number of ether oxygens (including phenoxy) is 1. The Morgan fingerprint density at radius 1 is 1.30 bits per heavy atom. The molecule has 0 aliphatic carbocycles. The van der Waals surface area contributed by atoms with Crippen LogP contribution in [0.4, 0.5) is 0 Å². The third-order valence-corrected chi connectivity index (χ3v) is 5.32. The molecule has 0 bridgehead atoms. The van der Waals surface area contributed by atoms with E-state index in [0.29, 0.717) is 0 Å². The molecule has 0 radical (unpaired) electrons. The first-order valence-electron chi connectivity index (χ1n) is 6.43. The van der Waals surface area contributed by atoms with Gasteiger partial charge in [0.2, 0.25) is 0 Å². The molecule has 0 amide bonds. The highest BCUT2D eigenvalue weighted by atomic mass is 127. The van der Waals surface area contributed by atoms with E-state index in [1.165, 1.54) is 9.13 Å². The van der Waals surface area contributed by atoms with Crippen molar-refractivity contribution in [2.75, 3.05) is 0 Å². The molecule has 3 rings (SSSR count). The minimum atomic E-state index is -0.153. The van der Waals surface area contributed by atoms with Crippen LogP contribution in [0, 0.1) is 3.57 Å². The fraction of sp³-hybridized carbons (Fsp3) is 0.250. The van der Waals surface area contributed by atoms with Gasteiger partial charge in [-0.05, 0) is 70.5 Å².